The lowest BCUT2D eigenvalue weighted by Gasteiger charge is -2.04. The molecule has 0 aliphatic carbocycles. The van der Waals surface area contributed by atoms with Crippen molar-refractivity contribution in [1.29, 1.82) is 0 Å². The number of oxazole rings is 1. The van der Waals surface area contributed by atoms with Gasteiger partial charge in [0.2, 0.25) is 5.89 Å². The van der Waals surface area contributed by atoms with E-state index in [0.717, 1.165) is 23.4 Å². The van der Waals surface area contributed by atoms with E-state index in [9.17, 15) is 0 Å². The zero-order chi connectivity index (χ0) is 17.5. The van der Waals surface area contributed by atoms with Crippen molar-refractivity contribution >= 4 is 5.96 Å². The average molecular weight is 335 g/mol. The van der Waals surface area contributed by atoms with E-state index in [2.05, 4.69) is 20.3 Å². The summed E-state index contributed by atoms with van der Waals surface area (Å²) in [5, 5.41) is 3.08. The average Bonchev–Trinajstić information content (AvgIpc) is 3.10. The fourth-order valence-corrected chi connectivity index (χ4v) is 2.30. The van der Waals surface area contributed by atoms with E-state index in [1.54, 1.807) is 12.5 Å². The standard InChI is InChI=1S/C19H21N5O/c1-14-5-7-15(8-6-14)18-24-17(13-25-18)12-23-19(20)22-11-9-16-4-2-3-10-21-16/h2-8,10,13H,9,11-12H2,1H3,(H3,20,22,23). The number of hydrogen-bond donors (Lipinski definition) is 2. The summed E-state index contributed by atoms with van der Waals surface area (Å²) in [4.78, 5) is 13.0. The number of nitrogens with zero attached hydrogens (tertiary/aromatic N) is 3. The van der Waals surface area contributed by atoms with Crippen LogP contribution in [0, 0.1) is 6.92 Å². The number of aromatic nitrogens is 2. The van der Waals surface area contributed by atoms with Crippen LogP contribution in [0.25, 0.3) is 11.5 Å². The third-order valence-corrected chi connectivity index (χ3v) is 3.68. The maximum atomic E-state index is 5.88. The van der Waals surface area contributed by atoms with Gasteiger partial charge in [-0.3, -0.25) is 4.98 Å². The Balaban J connectivity index is 1.50. The summed E-state index contributed by atoms with van der Waals surface area (Å²) in [7, 11) is 0. The molecule has 0 aliphatic rings. The van der Waals surface area contributed by atoms with Crippen LogP contribution in [0.15, 0.2) is 64.3 Å². The molecule has 0 bridgehead atoms. The van der Waals surface area contributed by atoms with E-state index in [0.29, 0.717) is 24.9 Å². The maximum Gasteiger partial charge on any atom is 0.226 e. The summed E-state index contributed by atoms with van der Waals surface area (Å²) in [5.74, 6) is 0.975. The largest absolute Gasteiger partial charge is 0.444 e. The van der Waals surface area contributed by atoms with Crippen LogP contribution in [0.4, 0.5) is 0 Å². The minimum absolute atomic E-state index is 0.373. The van der Waals surface area contributed by atoms with Gasteiger partial charge in [0.05, 0.1) is 6.54 Å². The molecule has 25 heavy (non-hydrogen) atoms. The summed E-state index contributed by atoms with van der Waals surface area (Å²) in [5.41, 5.74) is 9.78. The van der Waals surface area contributed by atoms with Crippen LogP contribution in [-0.4, -0.2) is 22.5 Å². The van der Waals surface area contributed by atoms with Gasteiger partial charge in [0, 0.05) is 30.4 Å². The second-order valence-corrected chi connectivity index (χ2v) is 5.71. The first-order valence-corrected chi connectivity index (χ1v) is 8.16. The Morgan fingerprint density at radius 2 is 2.00 bits per heavy atom. The van der Waals surface area contributed by atoms with Gasteiger partial charge in [-0.15, -0.1) is 0 Å². The van der Waals surface area contributed by atoms with Crippen LogP contribution in [0.2, 0.25) is 0 Å². The van der Waals surface area contributed by atoms with Crippen LogP contribution in [0.3, 0.4) is 0 Å². The van der Waals surface area contributed by atoms with Gasteiger partial charge in [0.1, 0.15) is 12.0 Å². The van der Waals surface area contributed by atoms with Crippen molar-refractivity contribution in [1.82, 2.24) is 15.3 Å². The van der Waals surface area contributed by atoms with E-state index < -0.39 is 0 Å². The van der Waals surface area contributed by atoms with Crippen molar-refractivity contribution in [3.8, 4) is 11.5 Å². The second-order valence-electron chi connectivity index (χ2n) is 5.71. The molecule has 2 heterocycles. The van der Waals surface area contributed by atoms with Gasteiger partial charge < -0.3 is 15.5 Å². The highest BCUT2D eigenvalue weighted by molar-refractivity contribution is 5.77. The van der Waals surface area contributed by atoms with Crippen molar-refractivity contribution in [3.63, 3.8) is 0 Å². The molecule has 0 fully saturated rings. The molecule has 0 saturated heterocycles. The van der Waals surface area contributed by atoms with Crippen LogP contribution < -0.4 is 11.1 Å². The molecule has 0 aliphatic heterocycles. The minimum Gasteiger partial charge on any atom is -0.444 e. The van der Waals surface area contributed by atoms with Crippen LogP contribution >= 0.6 is 0 Å². The third kappa shape index (κ3) is 4.91. The molecule has 0 radical (unpaired) electrons. The number of aryl methyl sites for hydroxylation is 1. The summed E-state index contributed by atoms with van der Waals surface area (Å²) < 4.78 is 5.51. The number of nitrogens with one attached hydrogen (secondary N) is 1. The van der Waals surface area contributed by atoms with Gasteiger partial charge in [0.15, 0.2) is 5.96 Å². The molecule has 6 nitrogen and oxygen atoms in total. The summed E-state index contributed by atoms with van der Waals surface area (Å²) in [6.07, 6.45) is 4.18. The van der Waals surface area contributed by atoms with Gasteiger partial charge in [0.25, 0.3) is 0 Å². The van der Waals surface area contributed by atoms with Crippen molar-refractivity contribution in [2.24, 2.45) is 10.7 Å². The lowest BCUT2D eigenvalue weighted by molar-refractivity contribution is 0.572. The zero-order valence-electron chi connectivity index (χ0n) is 14.1. The number of guanidine groups is 1. The first kappa shape index (κ1) is 16.7. The summed E-state index contributed by atoms with van der Waals surface area (Å²) in [6, 6.07) is 13.9. The molecule has 2 aromatic heterocycles. The molecular weight excluding hydrogens is 314 g/mol. The Kier molecular flexibility index (Phi) is 5.41. The molecule has 6 heteroatoms. The molecule has 0 atom stereocenters. The van der Waals surface area contributed by atoms with E-state index in [4.69, 9.17) is 10.2 Å². The van der Waals surface area contributed by atoms with Crippen LogP contribution in [0.1, 0.15) is 17.0 Å². The predicted octanol–water partition coefficient (Wildman–Crippen LogP) is 2.69. The normalized spacial score (nSPS) is 11.5. The van der Waals surface area contributed by atoms with Gasteiger partial charge >= 0.3 is 0 Å². The third-order valence-electron chi connectivity index (χ3n) is 3.68. The number of benzene rings is 1. The highest BCUT2D eigenvalue weighted by Gasteiger charge is 2.06. The van der Waals surface area contributed by atoms with Crippen LogP contribution in [-0.2, 0) is 13.0 Å². The molecule has 0 unspecified atom stereocenters. The topological polar surface area (TPSA) is 89.3 Å². The smallest absolute Gasteiger partial charge is 0.226 e. The van der Waals surface area contributed by atoms with E-state index in [1.165, 1.54) is 5.56 Å². The number of aliphatic imine (C=N–C) groups is 1. The number of hydrogen-bond acceptors (Lipinski definition) is 4. The van der Waals surface area contributed by atoms with Gasteiger partial charge in [-0.25, -0.2) is 9.98 Å². The predicted molar refractivity (Wildman–Crippen MR) is 97.9 cm³/mol. The lowest BCUT2D eigenvalue weighted by atomic mass is 10.1. The van der Waals surface area contributed by atoms with Crippen molar-refractivity contribution in [2.75, 3.05) is 6.54 Å². The van der Waals surface area contributed by atoms with Gasteiger partial charge in [-0.05, 0) is 31.2 Å². The highest BCUT2D eigenvalue weighted by Crippen LogP contribution is 2.19. The van der Waals surface area contributed by atoms with E-state index >= 15 is 0 Å². The van der Waals surface area contributed by atoms with Gasteiger partial charge in [-0.2, -0.15) is 0 Å². The Morgan fingerprint density at radius 3 is 2.76 bits per heavy atom. The SMILES string of the molecule is Cc1ccc(-c2nc(CN=C(N)NCCc3ccccn3)co2)cc1. The fourth-order valence-electron chi connectivity index (χ4n) is 2.30. The highest BCUT2D eigenvalue weighted by atomic mass is 16.3. The summed E-state index contributed by atoms with van der Waals surface area (Å²) >= 11 is 0. The molecule has 0 amide bonds. The Bertz CT molecular complexity index is 825. The van der Waals surface area contributed by atoms with E-state index in [1.807, 2.05) is 49.4 Å². The Labute approximate surface area is 146 Å². The first-order valence-electron chi connectivity index (χ1n) is 8.16. The molecular formula is C19H21N5O. The van der Waals surface area contributed by atoms with Gasteiger partial charge in [-0.1, -0.05) is 23.8 Å². The van der Waals surface area contributed by atoms with Crippen molar-refractivity contribution in [3.05, 3.63) is 71.9 Å². The molecule has 128 valence electrons. The molecule has 3 aromatic rings. The molecule has 1 aromatic carbocycles. The molecule has 0 saturated carbocycles. The zero-order valence-corrected chi connectivity index (χ0v) is 14.1. The molecule has 3 N–H and O–H groups in total. The summed E-state index contributed by atoms with van der Waals surface area (Å²) in [6.45, 7) is 3.10. The number of rotatable bonds is 6. The first-order chi connectivity index (χ1) is 12.2. The Morgan fingerprint density at radius 1 is 1.16 bits per heavy atom. The van der Waals surface area contributed by atoms with Crippen LogP contribution in [0.5, 0.6) is 0 Å². The second kappa shape index (κ2) is 8.10. The monoisotopic (exact) mass is 335 g/mol. The lowest BCUT2D eigenvalue weighted by Crippen LogP contribution is -2.33. The quantitative estimate of drug-likeness (QED) is 0.534. The number of pyridine rings is 1. The molecule has 3 rings (SSSR count). The van der Waals surface area contributed by atoms with Crippen molar-refractivity contribution in [2.45, 2.75) is 19.9 Å². The van der Waals surface area contributed by atoms with Crippen molar-refractivity contribution < 1.29 is 4.42 Å². The minimum atomic E-state index is 0.373. The molecule has 0 spiro atoms. The maximum absolute atomic E-state index is 5.88. The Hall–Kier alpha value is -3.15. The van der Waals surface area contributed by atoms with E-state index in [-0.39, 0.29) is 0 Å². The number of nitrogens with two attached hydrogens (primary N) is 1. The fraction of sp³-hybridized carbons (Fsp3) is 0.211.